The molecule has 0 unspecified atom stereocenters. The number of carbonyl (C=O) groups is 1. The lowest BCUT2D eigenvalue weighted by Gasteiger charge is -2.40. The number of nitrogens with one attached hydrogen (secondary N) is 2. The molecule has 6 heteroatoms. The van der Waals surface area contributed by atoms with Crippen LogP contribution in [0.3, 0.4) is 0 Å². The summed E-state index contributed by atoms with van der Waals surface area (Å²) in [6.07, 6.45) is 5.36. The number of H-pyrrole nitrogens is 1. The van der Waals surface area contributed by atoms with Gasteiger partial charge in [0.05, 0.1) is 30.5 Å². The number of carbonyl (C=O) groups excluding carboxylic acids is 1. The average Bonchev–Trinajstić information content (AvgIpc) is 3.13. The maximum atomic E-state index is 12.8. The van der Waals surface area contributed by atoms with Crippen molar-refractivity contribution < 1.29 is 14.3 Å². The molecule has 1 aromatic carbocycles. The van der Waals surface area contributed by atoms with Crippen molar-refractivity contribution in [3.8, 4) is 11.1 Å². The Kier molecular flexibility index (Phi) is 4.25. The Bertz CT molecular complexity index is 983. The van der Waals surface area contributed by atoms with Gasteiger partial charge in [0.15, 0.2) is 5.79 Å². The number of pyridine rings is 1. The van der Waals surface area contributed by atoms with Crippen molar-refractivity contribution in [2.75, 3.05) is 18.5 Å². The summed E-state index contributed by atoms with van der Waals surface area (Å²) in [6, 6.07) is 10.0. The standard InChI is InChI=1S/C21H23N3O3/c1-20(2)26-12-21(3,13-27-20)19(25)24-15-9-14(10-22-11-15)16-5-4-6-18-17(16)7-8-23-18/h4-11,23H,12-13H2,1-3H3,(H,24,25). The fraction of sp³-hybridized carbons (Fsp3) is 0.333. The summed E-state index contributed by atoms with van der Waals surface area (Å²) < 4.78 is 11.3. The fourth-order valence-electron chi connectivity index (χ4n) is 3.16. The maximum Gasteiger partial charge on any atom is 0.235 e. The number of fused-ring (bicyclic) bond motifs is 1. The van der Waals surface area contributed by atoms with E-state index >= 15 is 0 Å². The van der Waals surface area contributed by atoms with Gasteiger partial charge < -0.3 is 19.8 Å². The summed E-state index contributed by atoms with van der Waals surface area (Å²) in [6.45, 7) is 6.15. The summed E-state index contributed by atoms with van der Waals surface area (Å²) in [5, 5.41) is 4.08. The van der Waals surface area contributed by atoms with Crippen LogP contribution in [0.25, 0.3) is 22.0 Å². The van der Waals surface area contributed by atoms with E-state index in [1.165, 1.54) is 0 Å². The molecular weight excluding hydrogens is 342 g/mol. The molecule has 0 bridgehead atoms. The highest BCUT2D eigenvalue weighted by molar-refractivity contribution is 5.98. The van der Waals surface area contributed by atoms with Gasteiger partial charge in [0.2, 0.25) is 5.91 Å². The largest absolute Gasteiger partial charge is 0.361 e. The minimum Gasteiger partial charge on any atom is -0.361 e. The van der Waals surface area contributed by atoms with E-state index < -0.39 is 11.2 Å². The van der Waals surface area contributed by atoms with Gasteiger partial charge in [0, 0.05) is 28.9 Å². The highest BCUT2D eigenvalue weighted by Gasteiger charge is 2.42. The number of rotatable bonds is 3. The molecule has 2 N–H and O–H groups in total. The molecule has 1 saturated heterocycles. The van der Waals surface area contributed by atoms with Crippen LogP contribution in [0, 0.1) is 5.41 Å². The number of amides is 1. The summed E-state index contributed by atoms with van der Waals surface area (Å²) in [4.78, 5) is 20.3. The van der Waals surface area contributed by atoms with Crippen molar-refractivity contribution in [3.05, 3.63) is 48.9 Å². The Morgan fingerprint density at radius 1 is 1.15 bits per heavy atom. The second-order valence-electron chi connectivity index (χ2n) is 7.70. The van der Waals surface area contributed by atoms with Gasteiger partial charge in [0.1, 0.15) is 0 Å². The lowest BCUT2D eigenvalue weighted by atomic mass is 9.90. The number of nitrogens with zero attached hydrogens (tertiary/aromatic N) is 1. The predicted molar refractivity (Wildman–Crippen MR) is 104 cm³/mol. The summed E-state index contributed by atoms with van der Waals surface area (Å²) in [5.41, 5.74) is 2.98. The first-order valence-electron chi connectivity index (χ1n) is 8.97. The van der Waals surface area contributed by atoms with E-state index in [1.807, 2.05) is 57.3 Å². The van der Waals surface area contributed by atoms with Gasteiger partial charge in [0.25, 0.3) is 0 Å². The number of aromatic amines is 1. The van der Waals surface area contributed by atoms with E-state index in [0.29, 0.717) is 18.9 Å². The molecule has 2 aromatic heterocycles. The zero-order chi connectivity index (χ0) is 19.1. The summed E-state index contributed by atoms with van der Waals surface area (Å²) in [7, 11) is 0. The Morgan fingerprint density at radius 3 is 2.70 bits per heavy atom. The van der Waals surface area contributed by atoms with E-state index in [-0.39, 0.29) is 5.91 Å². The highest BCUT2D eigenvalue weighted by atomic mass is 16.7. The van der Waals surface area contributed by atoms with E-state index in [2.05, 4.69) is 15.3 Å². The monoisotopic (exact) mass is 365 g/mol. The molecule has 0 spiro atoms. The van der Waals surface area contributed by atoms with Gasteiger partial charge in [-0.25, -0.2) is 0 Å². The molecular formula is C21H23N3O3. The van der Waals surface area contributed by atoms with E-state index in [1.54, 1.807) is 12.4 Å². The van der Waals surface area contributed by atoms with Crippen molar-refractivity contribution in [1.82, 2.24) is 9.97 Å². The lowest BCUT2D eigenvalue weighted by molar-refractivity contribution is -0.276. The molecule has 27 heavy (non-hydrogen) atoms. The number of hydrogen-bond acceptors (Lipinski definition) is 4. The average molecular weight is 365 g/mol. The Hall–Kier alpha value is -2.70. The topological polar surface area (TPSA) is 76.2 Å². The van der Waals surface area contributed by atoms with Gasteiger partial charge in [-0.15, -0.1) is 0 Å². The Balaban J connectivity index is 1.57. The maximum absolute atomic E-state index is 12.8. The van der Waals surface area contributed by atoms with Crippen LogP contribution in [0.1, 0.15) is 20.8 Å². The third-order valence-electron chi connectivity index (χ3n) is 4.93. The highest BCUT2D eigenvalue weighted by Crippen LogP contribution is 2.32. The van der Waals surface area contributed by atoms with Crippen LogP contribution in [0.2, 0.25) is 0 Å². The van der Waals surface area contributed by atoms with Gasteiger partial charge >= 0.3 is 0 Å². The van der Waals surface area contributed by atoms with E-state index in [9.17, 15) is 4.79 Å². The van der Waals surface area contributed by atoms with Crippen LogP contribution < -0.4 is 5.32 Å². The SMILES string of the molecule is CC1(C)OCC(C)(C(=O)Nc2cncc(-c3cccc4[nH]ccc34)c2)CO1. The van der Waals surface area contributed by atoms with Gasteiger partial charge in [-0.3, -0.25) is 9.78 Å². The molecule has 0 saturated carbocycles. The Labute approximate surface area is 157 Å². The molecule has 1 amide bonds. The van der Waals surface area contributed by atoms with Crippen molar-refractivity contribution >= 4 is 22.5 Å². The zero-order valence-corrected chi connectivity index (χ0v) is 15.7. The molecule has 1 aliphatic heterocycles. The van der Waals surface area contributed by atoms with Gasteiger partial charge in [-0.2, -0.15) is 0 Å². The molecule has 0 atom stereocenters. The summed E-state index contributed by atoms with van der Waals surface area (Å²) in [5.74, 6) is -0.798. The first-order chi connectivity index (χ1) is 12.9. The predicted octanol–water partition coefficient (Wildman–Crippen LogP) is 3.96. The van der Waals surface area contributed by atoms with Crippen LogP contribution >= 0.6 is 0 Å². The number of aromatic nitrogens is 2. The van der Waals surface area contributed by atoms with Crippen LogP contribution in [-0.2, 0) is 14.3 Å². The fourth-order valence-corrected chi connectivity index (χ4v) is 3.16. The molecule has 0 aliphatic carbocycles. The van der Waals surface area contributed by atoms with Crippen molar-refractivity contribution in [2.24, 2.45) is 5.41 Å². The lowest BCUT2D eigenvalue weighted by Crippen LogP contribution is -2.50. The number of hydrogen-bond donors (Lipinski definition) is 2. The molecule has 3 aromatic rings. The van der Waals surface area contributed by atoms with Crippen molar-refractivity contribution in [1.29, 1.82) is 0 Å². The van der Waals surface area contributed by atoms with Crippen molar-refractivity contribution in [2.45, 2.75) is 26.6 Å². The normalized spacial score (nSPS) is 18.3. The minimum absolute atomic E-state index is 0.142. The van der Waals surface area contributed by atoms with Crippen LogP contribution in [-0.4, -0.2) is 34.9 Å². The molecule has 1 fully saturated rings. The molecule has 0 radical (unpaired) electrons. The van der Waals surface area contributed by atoms with E-state index in [4.69, 9.17) is 9.47 Å². The second kappa shape index (κ2) is 6.48. The third kappa shape index (κ3) is 3.46. The quantitative estimate of drug-likeness (QED) is 0.737. The zero-order valence-electron chi connectivity index (χ0n) is 15.7. The molecule has 3 heterocycles. The number of benzene rings is 1. The molecule has 1 aliphatic rings. The van der Waals surface area contributed by atoms with Crippen molar-refractivity contribution in [3.63, 3.8) is 0 Å². The van der Waals surface area contributed by atoms with Gasteiger partial charge in [-0.1, -0.05) is 12.1 Å². The Morgan fingerprint density at radius 2 is 1.93 bits per heavy atom. The van der Waals surface area contributed by atoms with Crippen LogP contribution in [0.5, 0.6) is 0 Å². The molecule has 4 rings (SSSR count). The first kappa shape index (κ1) is 17.7. The third-order valence-corrected chi connectivity index (χ3v) is 4.93. The van der Waals surface area contributed by atoms with Gasteiger partial charge in [-0.05, 0) is 44.5 Å². The van der Waals surface area contributed by atoms with Crippen LogP contribution in [0.15, 0.2) is 48.9 Å². The van der Waals surface area contributed by atoms with E-state index in [0.717, 1.165) is 22.0 Å². The summed E-state index contributed by atoms with van der Waals surface area (Å²) >= 11 is 0. The number of anilines is 1. The van der Waals surface area contributed by atoms with Crippen LogP contribution in [0.4, 0.5) is 5.69 Å². The molecule has 6 nitrogen and oxygen atoms in total. The smallest absolute Gasteiger partial charge is 0.235 e. The molecule has 140 valence electrons. The first-order valence-corrected chi connectivity index (χ1v) is 8.97. The number of ether oxygens (including phenoxy) is 2. The second-order valence-corrected chi connectivity index (χ2v) is 7.70. The minimum atomic E-state index is -0.744.